The summed E-state index contributed by atoms with van der Waals surface area (Å²) in [5, 5.41) is 9.78. The van der Waals surface area contributed by atoms with Crippen molar-refractivity contribution in [3.05, 3.63) is 59.7 Å². The van der Waals surface area contributed by atoms with Gasteiger partial charge in [0.2, 0.25) is 5.91 Å². The summed E-state index contributed by atoms with van der Waals surface area (Å²) in [5.74, 6) is -0.634. The molecule has 0 spiro atoms. The molecule has 6 heteroatoms. The maximum atomic E-state index is 13.4. The molecule has 31 heavy (non-hydrogen) atoms. The van der Waals surface area contributed by atoms with Gasteiger partial charge in [0.05, 0.1) is 19.6 Å². The molecular weight excluding hydrogens is 392 g/mol. The number of likely N-dealkylation sites (tertiary alicyclic amines) is 1. The largest absolute Gasteiger partial charge is 0.497 e. The average Bonchev–Trinajstić information content (AvgIpc) is 3.19. The summed E-state index contributed by atoms with van der Waals surface area (Å²) in [6, 6.07) is 15.1. The molecule has 1 saturated heterocycles. The molecule has 1 N–H and O–H groups in total. The number of carboxylic acid groups (broad SMARTS) is 1. The molecule has 1 amide bonds. The molecule has 1 aliphatic rings. The summed E-state index contributed by atoms with van der Waals surface area (Å²) >= 11 is 0. The Bertz CT molecular complexity index is 879. The highest BCUT2D eigenvalue weighted by Crippen LogP contribution is 2.38. The van der Waals surface area contributed by atoms with Crippen molar-refractivity contribution < 1.29 is 19.4 Å². The topological polar surface area (TPSA) is 70.1 Å². The number of carboxylic acids is 1. The Morgan fingerprint density at radius 1 is 1.13 bits per heavy atom. The first-order valence-corrected chi connectivity index (χ1v) is 10.9. The van der Waals surface area contributed by atoms with E-state index in [1.54, 1.807) is 7.11 Å². The highest BCUT2D eigenvalue weighted by molar-refractivity contribution is 5.95. The zero-order valence-corrected chi connectivity index (χ0v) is 18.6. The quantitative estimate of drug-likeness (QED) is 0.650. The number of carbonyl (C=O) groups excluding carboxylic acids is 1. The lowest BCUT2D eigenvalue weighted by Crippen LogP contribution is -2.41. The van der Waals surface area contributed by atoms with Crippen LogP contribution in [0, 0.1) is 12.8 Å². The molecule has 2 aromatic carbocycles. The predicted molar refractivity (Wildman–Crippen MR) is 121 cm³/mol. The number of nitrogens with zero attached hydrogens (tertiary/aromatic N) is 2. The fourth-order valence-corrected chi connectivity index (χ4v) is 4.23. The summed E-state index contributed by atoms with van der Waals surface area (Å²) in [6.07, 6.45) is 2.44. The molecule has 2 atom stereocenters. The van der Waals surface area contributed by atoms with E-state index < -0.39 is 11.9 Å². The first-order valence-electron chi connectivity index (χ1n) is 10.9. The molecular formula is C25H32N2O4. The van der Waals surface area contributed by atoms with Crippen molar-refractivity contribution in [2.24, 2.45) is 5.92 Å². The lowest BCUT2D eigenvalue weighted by atomic mass is 9.93. The van der Waals surface area contributed by atoms with E-state index in [1.165, 1.54) is 0 Å². The Balaban J connectivity index is 1.83. The van der Waals surface area contributed by atoms with Crippen LogP contribution in [0.1, 0.15) is 43.4 Å². The zero-order chi connectivity index (χ0) is 22.4. The lowest BCUT2D eigenvalue weighted by Gasteiger charge is -2.30. The maximum absolute atomic E-state index is 13.4. The second kappa shape index (κ2) is 10.4. The molecule has 2 unspecified atom stereocenters. The van der Waals surface area contributed by atoms with Crippen LogP contribution in [0.25, 0.3) is 0 Å². The summed E-state index contributed by atoms with van der Waals surface area (Å²) in [6.45, 7) is 5.56. The van der Waals surface area contributed by atoms with E-state index in [4.69, 9.17) is 4.74 Å². The van der Waals surface area contributed by atoms with Crippen molar-refractivity contribution in [3.63, 3.8) is 0 Å². The smallest absolute Gasteiger partial charge is 0.308 e. The molecule has 1 fully saturated rings. The minimum absolute atomic E-state index is 0.00172. The van der Waals surface area contributed by atoms with Crippen LogP contribution in [0.5, 0.6) is 5.75 Å². The Kier molecular flexibility index (Phi) is 7.69. The molecule has 0 aromatic heterocycles. The van der Waals surface area contributed by atoms with Crippen LogP contribution < -0.4 is 9.64 Å². The number of hydrogen-bond acceptors (Lipinski definition) is 4. The number of methoxy groups -OCH3 is 1. The van der Waals surface area contributed by atoms with Crippen LogP contribution in [0.2, 0.25) is 0 Å². The third-order valence-electron chi connectivity index (χ3n) is 6.00. The van der Waals surface area contributed by atoms with E-state index in [-0.39, 0.29) is 18.5 Å². The van der Waals surface area contributed by atoms with Gasteiger partial charge >= 0.3 is 5.97 Å². The van der Waals surface area contributed by atoms with Crippen molar-refractivity contribution in [1.82, 2.24) is 4.90 Å². The molecule has 0 bridgehead atoms. The summed E-state index contributed by atoms with van der Waals surface area (Å²) in [5.41, 5.74) is 2.93. The number of unbranched alkanes of at least 4 members (excludes halogenated alkanes) is 1. The number of hydrogen-bond donors (Lipinski definition) is 1. The summed E-state index contributed by atoms with van der Waals surface area (Å²) in [7, 11) is 1.60. The third kappa shape index (κ3) is 5.44. The molecule has 2 aromatic rings. The first kappa shape index (κ1) is 22.8. The number of rotatable bonds is 9. The van der Waals surface area contributed by atoms with Crippen molar-refractivity contribution in [3.8, 4) is 5.75 Å². The van der Waals surface area contributed by atoms with E-state index in [2.05, 4.69) is 6.92 Å². The molecule has 0 saturated carbocycles. The summed E-state index contributed by atoms with van der Waals surface area (Å²) < 4.78 is 5.23. The van der Waals surface area contributed by atoms with Gasteiger partial charge in [-0.1, -0.05) is 43.2 Å². The standard InChI is InChI=1S/C25H32N2O4/c1-4-5-15-27(20-10-6-18(2)7-11-20)23(28)17-26-16-14-22(25(29)30)24(26)19-8-12-21(31-3)13-9-19/h6-13,22,24H,4-5,14-17H2,1-3H3,(H,29,30). The van der Waals surface area contributed by atoms with Gasteiger partial charge in [0.25, 0.3) is 0 Å². The van der Waals surface area contributed by atoms with Gasteiger partial charge in [-0.25, -0.2) is 0 Å². The van der Waals surface area contributed by atoms with E-state index >= 15 is 0 Å². The van der Waals surface area contributed by atoms with Crippen molar-refractivity contribution >= 4 is 17.6 Å². The number of aliphatic carboxylic acids is 1. The fourth-order valence-electron chi connectivity index (χ4n) is 4.23. The number of benzene rings is 2. The van der Waals surface area contributed by atoms with Gasteiger partial charge in [0, 0.05) is 24.8 Å². The van der Waals surface area contributed by atoms with Crippen molar-refractivity contribution in [1.29, 1.82) is 0 Å². The van der Waals surface area contributed by atoms with Crippen LogP contribution >= 0.6 is 0 Å². The number of amides is 1. The number of ether oxygens (including phenoxy) is 1. The Morgan fingerprint density at radius 3 is 2.39 bits per heavy atom. The van der Waals surface area contributed by atoms with Crippen LogP contribution in [0.3, 0.4) is 0 Å². The van der Waals surface area contributed by atoms with E-state index in [9.17, 15) is 14.7 Å². The number of aryl methyl sites for hydroxylation is 1. The lowest BCUT2D eigenvalue weighted by molar-refractivity contribution is -0.143. The second-order valence-corrected chi connectivity index (χ2v) is 8.16. The van der Waals surface area contributed by atoms with Gasteiger partial charge in [-0.15, -0.1) is 0 Å². The minimum atomic E-state index is -0.822. The van der Waals surface area contributed by atoms with Gasteiger partial charge in [-0.2, -0.15) is 0 Å². The molecule has 1 heterocycles. The maximum Gasteiger partial charge on any atom is 0.308 e. The van der Waals surface area contributed by atoms with Crippen LogP contribution in [0.4, 0.5) is 5.69 Å². The SMILES string of the molecule is CCCCN(C(=O)CN1CCC(C(=O)O)C1c1ccc(OC)cc1)c1ccc(C)cc1. The highest BCUT2D eigenvalue weighted by Gasteiger charge is 2.40. The van der Waals surface area contributed by atoms with Crippen LogP contribution in [-0.4, -0.2) is 48.6 Å². The van der Waals surface area contributed by atoms with Crippen LogP contribution in [0.15, 0.2) is 48.5 Å². The molecule has 0 radical (unpaired) electrons. The van der Waals surface area contributed by atoms with Crippen molar-refractivity contribution in [2.45, 2.75) is 39.2 Å². The molecule has 1 aliphatic heterocycles. The van der Waals surface area contributed by atoms with Gasteiger partial charge in [0.15, 0.2) is 0 Å². The average molecular weight is 425 g/mol. The summed E-state index contributed by atoms with van der Waals surface area (Å²) in [4.78, 5) is 29.1. The number of carbonyl (C=O) groups is 2. The second-order valence-electron chi connectivity index (χ2n) is 8.16. The van der Waals surface area contributed by atoms with Gasteiger partial charge in [0.1, 0.15) is 5.75 Å². The molecule has 166 valence electrons. The Morgan fingerprint density at radius 2 is 1.81 bits per heavy atom. The highest BCUT2D eigenvalue weighted by atomic mass is 16.5. The van der Waals surface area contributed by atoms with Crippen molar-refractivity contribution in [2.75, 3.05) is 31.6 Å². The Labute approximate surface area is 184 Å². The first-order chi connectivity index (χ1) is 14.9. The third-order valence-corrected chi connectivity index (χ3v) is 6.00. The fraction of sp³-hybridized carbons (Fsp3) is 0.440. The minimum Gasteiger partial charge on any atom is -0.497 e. The monoisotopic (exact) mass is 424 g/mol. The molecule has 6 nitrogen and oxygen atoms in total. The van der Waals surface area contributed by atoms with E-state index in [0.29, 0.717) is 19.5 Å². The molecule has 0 aliphatic carbocycles. The molecule has 3 rings (SSSR count). The number of anilines is 1. The Hall–Kier alpha value is -2.86. The van der Waals surface area contributed by atoms with E-state index in [1.807, 2.05) is 65.3 Å². The van der Waals surface area contributed by atoms with Gasteiger partial charge in [-0.05, 0) is 49.6 Å². The zero-order valence-electron chi connectivity index (χ0n) is 18.6. The van der Waals surface area contributed by atoms with E-state index in [0.717, 1.165) is 35.4 Å². The van der Waals surface area contributed by atoms with Gasteiger partial charge < -0.3 is 14.7 Å². The van der Waals surface area contributed by atoms with Gasteiger partial charge in [-0.3, -0.25) is 14.5 Å². The predicted octanol–water partition coefficient (Wildman–Crippen LogP) is 4.28. The normalized spacial score (nSPS) is 18.7. The van der Waals surface area contributed by atoms with Crippen LogP contribution in [-0.2, 0) is 9.59 Å².